The summed E-state index contributed by atoms with van der Waals surface area (Å²) in [5, 5.41) is 0. The van der Waals surface area contributed by atoms with Crippen LogP contribution in [0.4, 0.5) is 5.82 Å². The smallest absolute Gasteiger partial charge is 0.248 e. The van der Waals surface area contributed by atoms with E-state index < -0.39 is 0 Å². The Balaban J connectivity index is 1.80. The molecule has 0 bridgehead atoms. The number of nitrogens with two attached hydrogens (primary N) is 2. The monoisotopic (exact) mass is 424 g/mol. The number of nitrogen functional groups attached to an aromatic ring is 1. The van der Waals surface area contributed by atoms with E-state index in [-0.39, 0.29) is 11.9 Å². The molecule has 2 heterocycles. The van der Waals surface area contributed by atoms with Crippen LogP contribution in [0.2, 0.25) is 0 Å². The number of aromatic nitrogens is 3. The lowest BCUT2D eigenvalue weighted by molar-refractivity contribution is 0.00660. The summed E-state index contributed by atoms with van der Waals surface area (Å²) in [6.45, 7) is 9.13. The number of carbonyl (C=O) groups is 1. The average Bonchev–Trinajstić information content (AvgIpc) is 3.08. The lowest BCUT2D eigenvalue weighted by atomic mass is 10.0. The first kappa shape index (κ1) is 22.7. The predicted octanol–water partition coefficient (Wildman–Crippen LogP) is 3.18. The molecule has 3 rings (SSSR count). The number of imidazole rings is 1. The van der Waals surface area contributed by atoms with Gasteiger partial charge >= 0.3 is 0 Å². The Hall–Kier alpha value is -2.97. The van der Waals surface area contributed by atoms with Gasteiger partial charge in [-0.2, -0.15) is 5.48 Å². The van der Waals surface area contributed by atoms with Crippen molar-refractivity contribution in [1.29, 1.82) is 0 Å². The lowest BCUT2D eigenvalue weighted by Crippen LogP contribution is -2.23. The minimum atomic E-state index is -0.387. The molecule has 166 valence electrons. The van der Waals surface area contributed by atoms with Gasteiger partial charge < -0.3 is 16.0 Å². The highest BCUT2D eigenvalue weighted by Gasteiger charge is 2.18. The van der Waals surface area contributed by atoms with Gasteiger partial charge in [0.25, 0.3) is 0 Å². The fourth-order valence-electron chi connectivity index (χ4n) is 3.73. The number of nitrogens with zero attached hydrogens (tertiary/aromatic N) is 3. The van der Waals surface area contributed by atoms with E-state index in [1.807, 2.05) is 45.9 Å². The maximum atomic E-state index is 11.7. The number of aryl methyl sites for hydroxylation is 4. The number of carbonyl (C=O) groups excluding carboxylic acids is 1. The van der Waals surface area contributed by atoms with E-state index in [4.69, 9.17) is 21.3 Å². The molecule has 0 atom stereocenters. The van der Waals surface area contributed by atoms with Gasteiger partial charge in [-0.1, -0.05) is 18.2 Å². The molecule has 1 amide bonds. The molecule has 0 fully saturated rings. The second-order valence-corrected chi connectivity index (χ2v) is 8.12. The van der Waals surface area contributed by atoms with Crippen molar-refractivity contribution in [2.24, 2.45) is 5.73 Å². The highest BCUT2D eigenvalue weighted by Crippen LogP contribution is 2.27. The summed E-state index contributed by atoms with van der Waals surface area (Å²) in [5.74, 6) is 0.857. The minimum absolute atomic E-state index is 0.207. The molecule has 2 aromatic heterocycles. The Morgan fingerprint density at radius 3 is 2.65 bits per heavy atom. The summed E-state index contributed by atoms with van der Waals surface area (Å²) in [6, 6.07) is 7.72. The van der Waals surface area contributed by atoms with Crippen LogP contribution in [-0.2, 0) is 24.4 Å². The van der Waals surface area contributed by atoms with Crippen molar-refractivity contribution in [2.75, 3.05) is 5.73 Å². The van der Waals surface area contributed by atoms with Gasteiger partial charge in [-0.25, -0.2) is 9.97 Å². The number of pyridine rings is 1. The second-order valence-electron chi connectivity index (χ2n) is 8.12. The van der Waals surface area contributed by atoms with Crippen molar-refractivity contribution in [3.63, 3.8) is 0 Å². The van der Waals surface area contributed by atoms with Gasteiger partial charge in [0, 0.05) is 23.8 Å². The highest BCUT2D eigenvalue weighted by atomic mass is 16.6. The van der Waals surface area contributed by atoms with Crippen LogP contribution in [0.5, 0.6) is 0 Å². The Labute approximate surface area is 183 Å². The van der Waals surface area contributed by atoms with Crippen molar-refractivity contribution >= 4 is 22.8 Å². The second kappa shape index (κ2) is 9.89. The van der Waals surface area contributed by atoms with E-state index >= 15 is 0 Å². The molecule has 0 aliphatic carbocycles. The summed E-state index contributed by atoms with van der Waals surface area (Å²) in [4.78, 5) is 26.4. The number of hydroxylamine groups is 1. The molecule has 0 saturated carbocycles. The molecular weight excluding hydrogens is 392 g/mol. The molecule has 0 spiro atoms. The number of primary amides is 1. The normalized spacial score (nSPS) is 11.5. The predicted molar refractivity (Wildman–Crippen MR) is 122 cm³/mol. The van der Waals surface area contributed by atoms with Gasteiger partial charge in [-0.3, -0.25) is 9.63 Å². The molecule has 8 nitrogen and oxygen atoms in total. The molecular formula is C23H32N6O2. The third kappa shape index (κ3) is 5.21. The fraction of sp³-hybridized carbons (Fsp3) is 0.435. The van der Waals surface area contributed by atoms with E-state index in [0.717, 1.165) is 54.0 Å². The van der Waals surface area contributed by atoms with Crippen LogP contribution < -0.4 is 16.9 Å². The molecule has 3 aromatic rings. The van der Waals surface area contributed by atoms with E-state index in [0.29, 0.717) is 23.5 Å². The van der Waals surface area contributed by atoms with Crippen LogP contribution in [0.25, 0.3) is 11.0 Å². The molecule has 5 N–H and O–H groups in total. The lowest BCUT2D eigenvalue weighted by Gasteiger charge is -2.13. The summed E-state index contributed by atoms with van der Waals surface area (Å²) in [6.07, 6.45) is 2.60. The summed E-state index contributed by atoms with van der Waals surface area (Å²) >= 11 is 0. The minimum Gasteiger partial charge on any atom is -0.382 e. The number of amides is 1. The van der Waals surface area contributed by atoms with Crippen LogP contribution in [0.15, 0.2) is 24.3 Å². The van der Waals surface area contributed by atoms with Crippen molar-refractivity contribution in [1.82, 2.24) is 20.0 Å². The van der Waals surface area contributed by atoms with Crippen molar-refractivity contribution < 1.29 is 9.63 Å². The van der Waals surface area contributed by atoms with Gasteiger partial charge in [-0.05, 0) is 64.2 Å². The molecule has 0 aliphatic rings. The highest BCUT2D eigenvalue weighted by molar-refractivity contribution is 5.94. The van der Waals surface area contributed by atoms with E-state index in [1.54, 1.807) is 6.07 Å². The van der Waals surface area contributed by atoms with Crippen molar-refractivity contribution in [3.8, 4) is 0 Å². The Kier molecular flexibility index (Phi) is 7.25. The maximum absolute atomic E-state index is 11.7. The number of hydrogen-bond donors (Lipinski definition) is 3. The quantitative estimate of drug-likeness (QED) is 0.339. The Morgan fingerprint density at radius 1 is 1.19 bits per heavy atom. The summed E-state index contributed by atoms with van der Waals surface area (Å²) < 4.78 is 2.18. The first-order valence-corrected chi connectivity index (χ1v) is 10.7. The first-order chi connectivity index (χ1) is 14.8. The number of anilines is 1. The van der Waals surface area contributed by atoms with Crippen molar-refractivity contribution in [3.05, 3.63) is 52.5 Å². The van der Waals surface area contributed by atoms with E-state index in [9.17, 15) is 4.79 Å². The molecule has 1 aromatic carbocycles. The Morgan fingerprint density at radius 2 is 1.94 bits per heavy atom. The largest absolute Gasteiger partial charge is 0.382 e. The number of rotatable bonds is 10. The van der Waals surface area contributed by atoms with Gasteiger partial charge in [0.05, 0.1) is 5.52 Å². The number of unbranched alkanes of at least 4 members (excludes halogenated alkanes) is 1. The van der Waals surface area contributed by atoms with Crippen LogP contribution in [-0.4, -0.2) is 26.5 Å². The zero-order valence-electron chi connectivity index (χ0n) is 18.7. The molecule has 31 heavy (non-hydrogen) atoms. The molecule has 8 heteroatoms. The third-order valence-electron chi connectivity index (χ3n) is 5.36. The Bertz CT molecular complexity index is 1070. The topological polar surface area (TPSA) is 121 Å². The maximum Gasteiger partial charge on any atom is 0.248 e. The number of nitrogens with one attached hydrogen (secondary N) is 1. The van der Waals surface area contributed by atoms with Crippen LogP contribution in [0.1, 0.15) is 59.7 Å². The summed E-state index contributed by atoms with van der Waals surface area (Å²) in [5.41, 5.74) is 19.9. The first-order valence-electron chi connectivity index (χ1n) is 10.7. The van der Waals surface area contributed by atoms with E-state index in [2.05, 4.69) is 15.0 Å². The van der Waals surface area contributed by atoms with Gasteiger partial charge in [-0.15, -0.1) is 0 Å². The standard InChI is InChI=1S/C23H32N6O2/c1-14(2)28-31-13-19-27-20-21(15(3)16(4)26-22(20)24)29(19)12-8-7-10-17-9-5-6-11-18(17)23(25)30/h5-6,9,11,14,28H,7-8,10,12-13H2,1-4H3,(H2,24,26)(H2,25,30). The molecule has 0 saturated heterocycles. The SMILES string of the molecule is Cc1nc(N)c2nc(CONC(C)C)n(CCCCc3ccccc3C(N)=O)c2c1C. The zero-order chi connectivity index (χ0) is 22.5. The number of fused-ring (bicyclic) bond motifs is 1. The van der Waals surface area contributed by atoms with E-state index in [1.165, 1.54) is 0 Å². The van der Waals surface area contributed by atoms with Gasteiger partial charge in [0.1, 0.15) is 17.9 Å². The molecule has 0 unspecified atom stereocenters. The van der Waals surface area contributed by atoms with Crippen LogP contribution >= 0.6 is 0 Å². The fourth-order valence-corrected chi connectivity index (χ4v) is 3.73. The van der Waals surface area contributed by atoms with Gasteiger partial charge in [0.15, 0.2) is 5.82 Å². The average molecular weight is 425 g/mol. The van der Waals surface area contributed by atoms with Crippen molar-refractivity contribution in [2.45, 2.75) is 66.2 Å². The molecule has 0 radical (unpaired) electrons. The summed E-state index contributed by atoms with van der Waals surface area (Å²) in [7, 11) is 0. The number of hydrogen-bond acceptors (Lipinski definition) is 6. The third-order valence-corrected chi connectivity index (χ3v) is 5.36. The van der Waals surface area contributed by atoms with Gasteiger partial charge in [0.2, 0.25) is 5.91 Å². The van der Waals surface area contributed by atoms with Crippen LogP contribution in [0.3, 0.4) is 0 Å². The van der Waals surface area contributed by atoms with Crippen LogP contribution in [0, 0.1) is 13.8 Å². The number of benzene rings is 1. The molecule has 0 aliphatic heterocycles. The zero-order valence-corrected chi connectivity index (χ0v) is 18.7.